The molecule has 0 radical (unpaired) electrons. The Kier molecular flexibility index (Phi) is 5.69. The summed E-state index contributed by atoms with van der Waals surface area (Å²) in [6, 6.07) is 3.41. The molecule has 0 spiro atoms. The molecule has 1 aromatic carbocycles. The summed E-state index contributed by atoms with van der Waals surface area (Å²) in [5.74, 6) is 0. The van der Waals surface area contributed by atoms with Gasteiger partial charge in [0.25, 0.3) is 0 Å². The molecule has 0 unspecified atom stereocenters. The van der Waals surface area contributed by atoms with Crippen LogP contribution in [0.5, 0.6) is 0 Å². The lowest BCUT2D eigenvalue weighted by molar-refractivity contribution is 0.249. The topological polar surface area (TPSA) is 127 Å². The normalized spacial score (nSPS) is 11.1. The Morgan fingerprint density at radius 3 is 2.45 bits per heavy atom. The third-order valence-electron chi connectivity index (χ3n) is 2.22. The Morgan fingerprint density at radius 1 is 1.30 bits per heavy atom. The third-order valence-corrected chi connectivity index (χ3v) is 4.40. The van der Waals surface area contributed by atoms with Crippen molar-refractivity contribution in [3.8, 4) is 0 Å². The van der Waals surface area contributed by atoms with Gasteiger partial charge in [0.15, 0.2) is 0 Å². The first-order valence-electron chi connectivity index (χ1n) is 5.36. The van der Waals surface area contributed by atoms with E-state index in [9.17, 15) is 13.2 Å². The molecule has 0 bridgehead atoms. The Labute approximate surface area is 126 Å². The Balaban J connectivity index is 2.82. The summed E-state index contributed by atoms with van der Waals surface area (Å²) in [5.41, 5.74) is 10.7. The van der Waals surface area contributed by atoms with Gasteiger partial charge in [-0.1, -0.05) is 29.9 Å². The van der Waals surface area contributed by atoms with E-state index in [-0.39, 0.29) is 28.0 Å². The number of rotatable bonds is 6. The van der Waals surface area contributed by atoms with Crippen molar-refractivity contribution in [2.45, 2.75) is 4.90 Å². The van der Waals surface area contributed by atoms with E-state index in [0.717, 1.165) is 0 Å². The molecule has 0 saturated heterocycles. The molecule has 0 fully saturated rings. The molecular formula is C10H13ClN4O3S2. The second-order valence-electron chi connectivity index (χ2n) is 3.70. The average Bonchev–Trinajstić information content (AvgIpc) is 2.34. The van der Waals surface area contributed by atoms with Crippen LogP contribution in [0.2, 0.25) is 5.02 Å². The number of carbonyl (C=O) groups excluding carboxylic acids is 1. The van der Waals surface area contributed by atoms with Crippen molar-refractivity contribution in [3.63, 3.8) is 0 Å². The van der Waals surface area contributed by atoms with Crippen molar-refractivity contribution in [3.05, 3.63) is 28.8 Å². The first kappa shape index (κ1) is 16.6. The van der Waals surface area contributed by atoms with Crippen LogP contribution in [0, 0.1) is 0 Å². The van der Waals surface area contributed by atoms with Crippen LogP contribution in [0.15, 0.2) is 23.1 Å². The first-order chi connectivity index (χ1) is 9.24. The summed E-state index contributed by atoms with van der Waals surface area (Å²) in [4.78, 5) is 10.5. The van der Waals surface area contributed by atoms with E-state index >= 15 is 0 Å². The Morgan fingerprint density at radius 2 is 1.95 bits per heavy atom. The van der Waals surface area contributed by atoms with Crippen LogP contribution in [-0.4, -0.2) is 32.5 Å². The minimum Gasteiger partial charge on any atom is -0.389 e. The molecule has 1 rings (SSSR count). The standard InChI is InChI=1S/C10H13ClN4O3S2/c11-7-5-6(9(12)19)1-2-8(7)20(17,18)15-4-3-14-10(13)16/h1-2,5,15H,3-4H2,(H2,12,19)(H3,13,14,16). The van der Waals surface area contributed by atoms with Crippen LogP contribution in [-0.2, 0) is 10.0 Å². The smallest absolute Gasteiger partial charge is 0.312 e. The fraction of sp³-hybridized carbons (Fsp3) is 0.200. The van der Waals surface area contributed by atoms with Gasteiger partial charge in [0.05, 0.1) is 5.02 Å². The van der Waals surface area contributed by atoms with Crippen molar-refractivity contribution in [2.75, 3.05) is 13.1 Å². The molecule has 0 atom stereocenters. The van der Waals surface area contributed by atoms with Crippen molar-refractivity contribution in [1.29, 1.82) is 0 Å². The van der Waals surface area contributed by atoms with Crippen LogP contribution in [0.3, 0.4) is 0 Å². The number of carbonyl (C=O) groups is 1. The molecule has 1 aromatic rings. The third kappa shape index (κ3) is 4.60. The number of halogens is 1. The highest BCUT2D eigenvalue weighted by molar-refractivity contribution is 7.89. The summed E-state index contributed by atoms with van der Waals surface area (Å²) in [6.45, 7) is 0.0514. The molecule has 7 nitrogen and oxygen atoms in total. The SMILES string of the molecule is NC(=O)NCCNS(=O)(=O)c1ccc(C(N)=S)cc1Cl. The van der Waals surface area contributed by atoms with Crippen LogP contribution in [0.1, 0.15) is 5.56 Å². The average molecular weight is 337 g/mol. The lowest BCUT2D eigenvalue weighted by atomic mass is 10.2. The molecule has 6 N–H and O–H groups in total. The Bertz CT molecular complexity index is 633. The number of nitrogens with one attached hydrogen (secondary N) is 2. The highest BCUT2D eigenvalue weighted by Crippen LogP contribution is 2.22. The second kappa shape index (κ2) is 6.84. The maximum atomic E-state index is 12.0. The van der Waals surface area contributed by atoms with E-state index < -0.39 is 16.1 Å². The van der Waals surface area contributed by atoms with E-state index in [1.807, 2.05) is 0 Å². The maximum absolute atomic E-state index is 12.0. The van der Waals surface area contributed by atoms with Gasteiger partial charge in [0.1, 0.15) is 9.88 Å². The number of primary amides is 1. The summed E-state index contributed by atoms with van der Waals surface area (Å²) >= 11 is 10.7. The lowest BCUT2D eigenvalue weighted by Gasteiger charge is -2.09. The molecule has 110 valence electrons. The summed E-state index contributed by atoms with van der Waals surface area (Å²) < 4.78 is 26.2. The zero-order valence-electron chi connectivity index (χ0n) is 10.2. The van der Waals surface area contributed by atoms with Crippen molar-refractivity contribution < 1.29 is 13.2 Å². The molecule has 0 aliphatic carbocycles. The van der Waals surface area contributed by atoms with Gasteiger partial charge < -0.3 is 16.8 Å². The predicted molar refractivity (Wildman–Crippen MR) is 80.1 cm³/mol. The number of sulfonamides is 1. The lowest BCUT2D eigenvalue weighted by Crippen LogP contribution is -2.37. The van der Waals surface area contributed by atoms with Gasteiger partial charge in [-0.3, -0.25) is 0 Å². The number of hydrogen-bond acceptors (Lipinski definition) is 4. The van der Waals surface area contributed by atoms with Gasteiger partial charge in [-0.05, 0) is 12.1 Å². The van der Waals surface area contributed by atoms with E-state index in [4.69, 9.17) is 35.3 Å². The summed E-state index contributed by atoms with van der Waals surface area (Å²) in [6.07, 6.45) is 0. The van der Waals surface area contributed by atoms with Gasteiger partial charge in [-0.25, -0.2) is 17.9 Å². The molecule has 0 saturated carbocycles. The van der Waals surface area contributed by atoms with Gasteiger partial charge in [0.2, 0.25) is 10.0 Å². The molecule has 20 heavy (non-hydrogen) atoms. The molecule has 10 heteroatoms. The van der Waals surface area contributed by atoms with Gasteiger partial charge in [-0.2, -0.15) is 0 Å². The van der Waals surface area contributed by atoms with Gasteiger partial charge in [0, 0.05) is 18.7 Å². The maximum Gasteiger partial charge on any atom is 0.312 e. The van der Waals surface area contributed by atoms with Gasteiger partial charge in [-0.15, -0.1) is 0 Å². The van der Waals surface area contributed by atoms with Crippen molar-refractivity contribution in [1.82, 2.24) is 10.0 Å². The second-order valence-corrected chi connectivity index (χ2v) is 6.28. The monoisotopic (exact) mass is 336 g/mol. The van der Waals surface area contributed by atoms with E-state index in [1.165, 1.54) is 18.2 Å². The van der Waals surface area contributed by atoms with Gasteiger partial charge >= 0.3 is 6.03 Å². The highest BCUT2D eigenvalue weighted by Gasteiger charge is 2.18. The summed E-state index contributed by atoms with van der Waals surface area (Å²) in [7, 11) is -3.79. The fourth-order valence-electron chi connectivity index (χ4n) is 1.32. The predicted octanol–water partition coefficient (Wildman–Crippen LogP) is -0.0792. The quantitative estimate of drug-likeness (QED) is 0.427. The first-order valence-corrected chi connectivity index (χ1v) is 7.63. The van der Waals surface area contributed by atoms with Crippen LogP contribution >= 0.6 is 23.8 Å². The largest absolute Gasteiger partial charge is 0.389 e. The molecule has 0 aliphatic rings. The number of nitrogens with two attached hydrogens (primary N) is 2. The molecular weight excluding hydrogens is 324 g/mol. The number of hydrogen-bond donors (Lipinski definition) is 4. The van der Waals surface area contributed by atoms with Crippen LogP contribution in [0.4, 0.5) is 4.79 Å². The molecule has 0 aliphatic heterocycles. The van der Waals surface area contributed by atoms with Crippen molar-refractivity contribution >= 4 is 44.9 Å². The Hall–Kier alpha value is -1.42. The number of thiocarbonyl (C=S) groups is 1. The zero-order valence-corrected chi connectivity index (χ0v) is 12.6. The van der Waals surface area contributed by atoms with Crippen molar-refractivity contribution in [2.24, 2.45) is 11.5 Å². The van der Waals surface area contributed by atoms with E-state index in [2.05, 4.69) is 10.0 Å². The van der Waals surface area contributed by atoms with E-state index in [0.29, 0.717) is 5.56 Å². The molecule has 0 aromatic heterocycles. The fourth-order valence-corrected chi connectivity index (χ4v) is 3.02. The summed E-state index contributed by atoms with van der Waals surface area (Å²) in [5, 5.41) is 2.26. The minimum atomic E-state index is -3.79. The molecule has 2 amide bonds. The van der Waals surface area contributed by atoms with Crippen LogP contribution < -0.4 is 21.5 Å². The highest BCUT2D eigenvalue weighted by atomic mass is 35.5. The van der Waals surface area contributed by atoms with E-state index in [1.54, 1.807) is 0 Å². The zero-order chi connectivity index (χ0) is 15.3. The number of benzene rings is 1. The number of urea groups is 1. The number of amides is 2. The molecule has 0 heterocycles. The van der Waals surface area contributed by atoms with Crippen LogP contribution in [0.25, 0.3) is 0 Å². The minimum absolute atomic E-state index is 0.00524.